The number of hydrogen-bond acceptors (Lipinski definition) is 2. The molecule has 1 unspecified atom stereocenters. The van der Waals surface area contributed by atoms with E-state index in [1.165, 1.54) is 18.4 Å². The fourth-order valence-corrected chi connectivity index (χ4v) is 2.77. The molecule has 1 N–H and O–H groups in total. The van der Waals surface area contributed by atoms with Gasteiger partial charge in [-0.2, -0.15) is 0 Å². The van der Waals surface area contributed by atoms with E-state index in [1.807, 2.05) is 0 Å². The predicted molar refractivity (Wildman–Crippen MR) is 78.9 cm³/mol. The van der Waals surface area contributed by atoms with Gasteiger partial charge >= 0.3 is 0 Å². The second-order valence-electron chi connectivity index (χ2n) is 5.14. The maximum absolute atomic E-state index is 5.58. The van der Waals surface area contributed by atoms with Crippen LogP contribution in [0.5, 0.6) is 0 Å². The molecule has 2 nitrogen and oxygen atoms in total. The van der Waals surface area contributed by atoms with Gasteiger partial charge in [0, 0.05) is 23.2 Å². The zero-order valence-electron chi connectivity index (χ0n) is 11.2. The average Bonchev–Trinajstić information content (AvgIpc) is 2.29. The van der Waals surface area contributed by atoms with Crippen molar-refractivity contribution in [2.75, 3.05) is 6.61 Å². The molecule has 1 aromatic rings. The van der Waals surface area contributed by atoms with Crippen LogP contribution in [0.15, 0.2) is 28.7 Å². The molecule has 1 saturated carbocycles. The lowest BCUT2D eigenvalue weighted by Gasteiger charge is -2.37. The number of nitrogens with one attached hydrogen (secondary N) is 1. The van der Waals surface area contributed by atoms with Crippen LogP contribution >= 0.6 is 15.9 Å². The van der Waals surface area contributed by atoms with Crippen LogP contribution in [0.3, 0.4) is 0 Å². The van der Waals surface area contributed by atoms with Crippen molar-refractivity contribution in [2.24, 2.45) is 0 Å². The summed E-state index contributed by atoms with van der Waals surface area (Å²) in [5.41, 5.74) is 1.39. The van der Waals surface area contributed by atoms with E-state index >= 15 is 0 Å². The molecule has 1 atom stereocenters. The van der Waals surface area contributed by atoms with Crippen molar-refractivity contribution in [1.29, 1.82) is 0 Å². The summed E-state index contributed by atoms with van der Waals surface area (Å²) < 4.78 is 6.72. The molecule has 18 heavy (non-hydrogen) atoms. The highest BCUT2D eigenvalue weighted by atomic mass is 79.9. The van der Waals surface area contributed by atoms with Crippen LogP contribution < -0.4 is 5.32 Å². The average molecular weight is 312 g/mol. The molecule has 0 spiro atoms. The number of hydrogen-bond donors (Lipinski definition) is 1. The Labute approximate surface area is 118 Å². The normalized spacial score (nSPS) is 24.6. The molecule has 3 heteroatoms. The van der Waals surface area contributed by atoms with Gasteiger partial charge in [0.2, 0.25) is 0 Å². The molecular formula is C15H22BrNO. The topological polar surface area (TPSA) is 21.3 Å². The smallest absolute Gasteiger partial charge is 0.0604 e. The van der Waals surface area contributed by atoms with Crippen molar-refractivity contribution in [1.82, 2.24) is 5.32 Å². The summed E-state index contributed by atoms with van der Waals surface area (Å²) in [6.45, 7) is 5.17. The zero-order valence-corrected chi connectivity index (χ0v) is 12.7. The van der Waals surface area contributed by atoms with Gasteiger partial charge < -0.3 is 10.1 Å². The summed E-state index contributed by atoms with van der Waals surface area (Å²) in [5.74, 6) is 0. The van der Waals surface area contributed by atoms with Crippen molar-refractivity contribution < 1.29 is 4.74 Å². The third kappa shape index (κ3) is 4.08. The van der Waals surface area contributed by atoms with E-state index in [0.717, 1.165) is 17.5 Å². The molecule has 0 radical (unpaired) electrons. The van der Waals surface area contributed by atoms with Gasteiger partial charge in [0.15, 0.2) is 0 Å². The Hall–Kier alpha value is -0.380. The Morgan fingerprint density at radius 2 is 2.00 bits per heavy atom. The molecule has 0 aliphatic heterocycles. The van der Waals surface area contributed by atoms with E-state index in [1.54, 1.807) is 0 Å². The third-order valence-corrected chi connectivity index (χ3v) is 4.00. The number of halogens is 1. The van der Waals surface area contributed by atoms with Gasteiger partial charge in [-0.25, -0.2) is 0 Å². The Morgan fingerprint density at radius 3 is 2.61 bits per heavy atom. The molecule has 1 fully saturated rings. The summed E-state index contributed by atoms with van der Waals surface area (Å²) in [7, 11) is 0. The molecule has 1 aliphatic rings. The quantitative estimate of drug-likeness (QED) is 0.867. The van der Waals surface area contributed by atoms with Gasteiger partial charge in [-0.1, -0.05) is 28.1 Å². The van der Waals surface area contributed by atoms with Crippen LogP contribution in [-0.2, 0) is 11.2 Å². The number of benzene rings is 1. The molecule has 0 heterocycles. The predicted octanol–water partition coefficient (Wildman–Crippen LogP) is 3.54. The fourth-order valence-electron chi connectivity index (χ4n) is 2.51. The highest BCUT2D eigenvalue weighted by Crippen LogP contribution is 2.24. The van der Waals surface area contributed by atoms with E-state index in [2.05, 4.69) is 59.4 Å². The third-order valence-electron chi connectivity index (χ3n) is 3.47. The van der Waals surface area contributed by atoms with E-state index < -0.39 is 0 Å². The molecule has 0 bridgehead atoms. The van der Waals surface area contributed by atoms with E-state index in [0.29, 0.717) is 18.2 Å². The SMILES string of the molecule is CCOC1CC(NC(C)Cc2ccc(Br)cc2)C1. The van der Waals surface area contributed by atoms with Crippen molar-refractivity contribution in [3.8, 4) is 0 Å². The van der Waals surface area contributed by atoms with Crippen LogP contribution in [-0.4, -0.2) is 24.8 Å². The van der Waals surface area contributed by atoms with Crippen LogP contribution in [0.1, 0.15) is 32.3 Å². The van der Waals surface area contributed by atoms with Crippen molar-refractivity contribution in [3.05, 3.63) is 34.3 Å². The Kier molecular flexibility index (Phi) is 5.22. The molecule has 1 aromatic carbocycles. The van der Waals surface area contributed by atoms with Crippen LogP contribution in [0, 0.1) is 0 Å². The lowest BCUT2D eigenvalue weighted by molar-refractivity contribution is -0.0119. The van der Waals surface area contributed by atoms with Gasteiger partial charge in [-0.3, -0.25) is 0 Å². The minimum absolute atomic E-state index is 0.493. The monoisotopic (exact) mass is 311 g/mol. The van der Waals surface area contributed by atoms with Crippen molar-refractivity contribution in [2.45, 2.75) is 51.3 Å². The summed E-state index contributed by atoms with van der Waals surface area (Å²) in [6.07, 6.45) is 3.91. The molecule has 0 saturated heterocycles. The fraction of sp³-hybridized carbons (Fsp3) is 0.600. The van der Waals surface area contributed by atoms with E-state index in [-0.39, 0.29) is 0 Å². The Morgan fingerprint density at radius 1 is 1.33 bits per heavy atom. The van der Waals surface area contributed by atoms with Gasteiger partial charge in [0.1, 0.15) is 0 Å². The molecular weight excluding hydrogens is 290 g/mol. The van der Waals surface area contributed by atoms with Crippen LogP contribution in [0.25, 0.3) is 0 Å². The van der Waals surface area contributed by atoms with E-state index in [4.69, 9.17) is 4.74 Å². The summed E-state index contributed by atoms with van der Waals surface area (Å²) in [4.78, 5) is 0. The Bertz CT molecular complexity index is 359. The van der Waals surface area contributed by atoms with Crippen LogP contribution in [0.2, 0.25) is 0 Å². The second-order valence-corrected chi connectivity index (χ2v) is 6.06. The first kappa shape index (κ1) is 14.0. The first-order chi connectivity index (χ1) is 8.67. The Balaban J connectivity index is 1.70. The molecule has 0 aromatic heterocycles. The van der Waals surface area contributed by atoms with Crippen molar-refractivity contribution >= 4 is 15.9 Å². The lowest BCUT2D eigenvalue weighted by Crippen LogP contribution is -2.49. The number of ether oxygens (including phenoxy) is 1. The van der Waals surface area contributed by atoms with E-state index in [9.17, 15) is 0 Å². The van der Waals surface area contributed by atoms with Crippen molar-refractivity contribution in [3.63, 3.8) is 0 Å². The maximum atomic E-state index is 5.58. The summed E-state index contributed by atoms with van der Waals surface area (Å²) in [6, 6.07) is 9.76. The minimum Gasteiger partial charge on any atom is -0.378 e. The van der Waals surface area contributed by atoms with Gasteiger partial charge in [0.05, 0.1) is 6.10 Å². The standard InChI is InChI=1S/C15H22BrNO/c1-3-18-15-9-14(10-15)17-11(2)8-12-4-6-13(16)7-5-12/h4-7,11,14-15,17H,3,8-10H2,1-2H3. The minimum atomic E-state index is 0.493. The molecule has 0 amide bonds. The second kappa shape index (κ2) is 6.69. The first-order valence-electron chi connectivity index (χ1n) is 6.79. The number of rotatable bonds is 6. The first-order valence-corrected chi connectivity index (χ1v) is 7.58. The maximum Gasteiger partial charge on any atom is 0.0604 e. The molecule has 100 valence electrons. The lowest BCUT2D eigenvalue weighted by atomic mass is 9.88. The van der Waals surface area contributed by atoms with Gasteiger partial charge in [-0.15, -0.1) is 0 Å². The zero-order chi connectivity index (χ0) is 13.0. The summed E-state index contributed by atoms with van der Waals surface area (Å²) in [5, 5.41) is 3.68. The molecule has 2 rings (SSSR count). The summed E-state index contributed by atoms with van der Waals surface area (Å²) >= 11 is 3.46. The highest BCUT2D eigenvalue weighted by molar-refractivity contribution is 9.10. The molecule has 1 aliphatic carbocycles. The van der Waals surface area contributed by atoms with Crippen LogP contribution in [0.4, 0.5) is 0 Å². The largest absolute Gasteiger partial charge is 0.378 e. The van der Waals surface area contributed by atoms with Gasteiger partial charge in [0.25, 0.3) is 0 Å². The van der Waals surface area contributed by atoms with Gasteiger partial charge in [-0.05, 0) is 50.8 Å². The highest BCUT2D eigenvalue weighted by Gasteiger charge is 2.29.